The van der Waals surface area contributed by atoms with E-state index in [-0.39, 0.29) is 11.3 Å². The number of carbonyl (C=O) groups is 2. The second kappa shape index (κ2) is 4.38. The summed E-state index contributed by atoms with van der Waals surface area (Å²) in [5.74, 6) is -2.19. The Bertz CT molecular complexity index is 798. The van der Waals surface area contributed by atoms with Gasteiger partial charge >= 0.3 is 11.9 Å². The molecule has 0 saturated carbocycles. The van der Waals surface area contributed by atoms with Crippen molar-refractivity contribution < 1.29 is 24.5 Å². The van der Waals surface area contributed by atoms with Gasteiger partial charge in [0.05, 0.1) is 5.56 Å². The summed E-state index contributed by atoms with van der Waals surface area (Å²) in [7, 11) is 0. The number of carboxylic acid groups (broad SMARTS) is 2. The number of benzene rings is 1. The highest BCUT2D eigenvalue weighted by atomic mass is 16.5. The Labute approximate surface area is 113 Å². The van der Waals surface area contributed by atoms with Gasteiger partial charge in [-0.05, 0) is 46.4 Å². The van der Waals surface area contributed by atoms with Gasteiger partial charge in [-0.2, -0.15) is 0 Å². The Hall–Kier alpha value is -2.82. The Morgan fingerprint density at radius 3 is 2.55 bits per heavy atom. The minimum absolute atomic E-state index is 0.103. The first-order valence-corrected chi connectivity index (χ1v) is 5.93. The molecule has 0 aromatic heterocycles. The van der Waals surface area contributed by atoms with Crippen LogP contribution in [-0.4, -0.2) is 28.3 Å². The molecule has 0 amide bonds. The molecule has 0 fully saturated rings. The van der Waals surface area contributed by atoms with E-state index >= 15 is 0 Å². The molecule has 1 unspecified atom stereocenters. The largest absolute Gasteiger partial charge is 0.478 e. The number of aliphatic carboxylic acids is 1. The number of ether oxygens (including phenoxy) is 1. The zero-order chi connectivity index (χ0) is 14.3. The average molecular weight is 270 g/mol. The molecule has 1 aliphatic carbocycles. The summed E-state index contributed by atoms with van der Waals surface area (Å²) in [6.07, 6.45) is 6.20. The molecule has 2 aliphatic rings. The minimum Gasteiger partial charge on any atom is -0.478 e. The molecule has 0 radical (unpaired) electrons. The number of fused-ring (bicyclic) bond motifs is 2. The van der Waals surface area contributed by atoms with E-state index < -0.39 is 18.0 Å². The number of aromatic carboxylic acids is 1. The third-order valence-corrected chi connectivity index (χ3v) is 3.21. The van der Waals surface area contributed by atoms with Crippen LogP contribution in [0, 0.1) is 0 Å². The SMILES string of the molecule is O=C(O)C1=CC=C2C=c3cc(C(=O)O)ccc3=CC2O1. The van der Waals surface area contributed by atoms with Crippen molar-refractivity contribution in [1.82, 2.24) is 0 Å². The fourth-order valence-electron chi connectivity index (χ4n) is 2.22. The number of carboxylic acids is 2. The van der Waals surface area contributed by atoms with Crippen LogP contribution in [0.5, 0.6) is 0 Å². The summed E-state index contributed by atoms with van der Waals surface area (Å²) >= 11 is 0. The maximum absolute atomic E-state index is 10.9. The summed E-state index contributed by atoms with van der Waals surface area (Å²) in [5, 5.41) is 19.5. The summed E-state index contributed by atoms with van der Waals surface area (Å²) in [4.78, 5) is 21.8. The standard InChI is InChI=1S/C15H10O5/c16-14(17)10-2-1-8-7-13-9(5-11(8)6-10)3-4-12(20-13)15(18)19/h1-7,13H,(H,16,17)(H,18,19). The summed E-state index contributed by atoms with van der Waals surface area (Å²) in [6, 6.07) is 4.78. The van der Waals surface area contributed by atoms with Gasteiger partial charge in [0.25, 0.3) is 0 Å². The number of hydrogen-bond acceptors (Lipinski definition) is 3. The lowest BCUT2D eigenvalue weighted by Crippen LogP contribution is -2.34. The third-order valence-electron chi connectivity index (χ3n) is 3.21. The Morgan fingerprint density at radius 2 is 1.85 bits per heavy atom. The minimum atomic E-state index is -1.11. The van der Waals surface area contributed by atoms with E-state index in [9.17, 15) is 9.59 Å². The monoisotopic (exact) mass is 270 g/mol. The second-order valence-corrected chi connectivity index (χ2v) is 4.50. The normalized spacial score (nSPS) is 19.1. The Morgan fingerprint density at radius 1 is 1.05 bits per heavy atom. The molecule has 100 valence electrons. The quantitative estimate of drug-likeness (QED) is 0.805. The van der Waals surface area contributed by atoms with Crippen molar-refractivity contribution in [3.63, 3.8) is 0 Å². The molecule has 5 heteroatoms. The fourth-order valence-corrected chi connectivity index (χ4v) is 2.22. The van der Waals surface area contributed by atoms with Gasteiger partial charge in [0, 0.05) is 0 Å². The van der Waals surface area contributed by atoms with Gasteiger partial charge < -0.3 is 14.9 Å². The third kappa shape index (κ3) is 1.99. The van der Waals surface area contributed by atoms with Crippen molar-refractivity contribution in [2.45, 2.75) is 6.10 Å². The van der Waals surface area contributed by atoms with Crippen LogP contribution >= 0.6 is 0 Å². The van der Waals surface area contributed by atoms with E-state index in [1.807, 2.05) is 6.08 Å². The van der Waals surface area contributed by atoms with Gasteiger partial charge in [-0.25, -0.2) is 9.59 Å². The number of allylic oxidation sites excluding steroid dienone is 2. The smallest absolute Gasteiger partial charge is 0.371 e. The van der Waals surface area contributed by atoms with Gasteiger partial charge in [0.2, 0.25) is 5.76 Å². The lowest BCUT2D eigenvalue weighted by molar-refractivity contribution is -0.136. The Balaban J connectivity index is 2.12. The second-order valence-electron chi connectivity index (χ2n) is 4.50. The highest BCUT2D eigenvalue weighted by Gasteiger charge is 2.22. The molecule has 1 atom stereocenters. The molecule has 20 heavy (non-hydrogen) atoms. The van der Waals surface area contributed by atoms with Gasteiger partial charge in [-0.3, -0.25) is 0 Å². The Kier molecular flexibility index (Phi) is 2.68. The number of hydrogen-bond donors (Lipinski definition) is 2. The zero-order valence-corrected chi connectivity index (χ0v) is 10.2. The molecule has 3 rings (SSSR count). The molecule has 1 aromatic carbocycles. The summed E-state index contributed by atoms with van der Waals surface area (Å²) in [5.41, 5.74) is 1.01. The van der Waals surface area contributed by atoms with Crippen molar-refractivity contribution in [1.29, 1.82) is 0 Å². The van der Waals surface area contributed by atoms with Crippen LogP contribution in [0.4, 0.5) is 0 Å². The van der Waals surface area contributed by atoms with Gasteiger partial charge in [-0.1, -0.05) is 12.1 Å². The first-order chi connectivity index (χ1) is 9.54. The van der Waals surface area contributed by atoms with Gasteiger partial charge in [0.15, 0.2) is 0 Å². The van der Waals surface area contributed by atoms with E-state index in [0.29, 0.717) is 0 Å². The van der Waals surface area contributed by atoms with E-state index in [0.717, 1.165) is 16.0 Å². The van der Waals surface area contributed by atoms with E-state index in [2.05, 4.69) is 0 Å². The molecule has 5 nitrogen and oxygen atoms in total. The van der Waals surface area contributed by atoms with Crippen LogP contribution in [0.1, 0.15) is 10.4 Å². The van der Waals surface area contributed by atoms with Crippen molar-refractivity contribution in [3.8, 4) is 0 Å². The highest BCUT2D eigenvalue weighted by molar-refractivity contribution is 5.88. The molecule has 0 bridgehead atoms. The predicted molar refractivity (Wildman–Crippen MR) is 70.3 cm³/mol. The van der Waals surface area contributed by atoms with Crippen LogP contribution in [-0.2, 0) is 9.53 Å². The number of rotatable bonds is 2. The summed E-state index contributed by atoms with van der Waals surface area (Å²) < 4.78 is 5.38. The topological polar surface area (TPSA) is 83.8 Å². The maximum atomic E-state index is 10.9. The molecule has 1 heterocycles. The fraction of sp³-hybridized carbons (Fsp3) is 0.0667. The summed E-state index contributed by atoms with van der Waals surface area (Å²) in [6.45, 7) is 0. The van der Waals surface area contributed by atoms with Gasteiger partial charge in [0.1, 0.15) is 6.10 Å². The lowest BCUT2D eigenvalue weighted by atomic mass is 9.97. The molecule has 0 saturated heterocycles. The lowest BCUT2D eigenvalue weighted by Gasteiger charge is -2.22. The molecular formula is C15H10O5. The molecule has 2 N–H and O–H groups in total. The predicted octanol–water partition coefficient (Wildman–Crippen LogP) is 0.253. The van der Waals surface area contributed by atoms with Crippen molar-refractivity contribution in [2.24, 2.45) is 0 Å². The van der Waals surface area contributed by atoms with E-state index in [1.165, 1.54) is 12.1 Å². The first-order valence-electron chi connectivity index (χ1n) is 5.93. The molecule has 1 aromatic rings. The van der Waals surface area contributed by atoms with Crippen LogP contribution in [0.15, 0.2) is 41.7 Å². The molecule has 1 aliphatic heterocycles. The van der Waals surface area contributed by atoms with Crippen LogP contribution in [0.2, 0.25) is 0 Å². The van der Waals surface area contributed by atoms with Crippen molar-refractivity contribution in [2.75, 3.05) is 0 Å². The first kappa shape index (κ1) is 12.2. The zero-order valence-electron chi connectivity index (χ0n) is 10.2. The van der Waals surface area contributed by atoms with E-state index in [4.69, 9.17) is 14.9 Å². The van der Waals surface area contributed by atoms with Crippen LogP contribution < -0.4 is 10.4 Å². The van der Waals surface area contributed by atoms with Crippen LogP contribution in [0.25, 0.3) is 12.2 Å². The average Bonchev–Trinajstić information content (AvgIpc) is 2.43. The van der Waals surface area contributed by atoms with Crippen molar-refractivity contribution in [3.05, 3.63) is 57.7 Å². The molecular weight excluding hydrogens is 260 g/mol. The van der Waals surface area contributed by atoms with E-state index in [1.54, 1.807) is 24.3 Å². The molecule has 0 spiro atoms. The van der Waals surface area contributed by atoms with Gasteiger partial charge in [-0.15, -0.1) is 0 Å². The highest BCUT2D eigenvalue weighted by Crippen LogP contribution is 2.21. The maximum Gasteiger partial charge on any atom is 0.371 e. The van der Waals surface area contributed by atoms with Crippen LogP contribution in [0.3, 0.4) is 0 Å². The van der Waals surface area contributed by atoms with Crippen molar-refractivity contribution >= 4 is 24.1 Å².